The van der Waals surface area contributed by atoms with Gasteiger partial charge < -0.3 is 15.0 Å². The van der Waals surface area contributed by atoms with Crippen molar-refractivity contribution in [2.24, 2.45) is 13.0 Å². The van der Waals surface area contributed by atoms with Crippen LogP contribution in [0.1, 0.15) is 42.6 Å². The number of amides is 1. The lowest BCUT2D eigenvalue weighted by Crippen LogP contribution is -2.51. The molecule has 2 aliphatic heterocycles. The quantitative estimate of drug-likeness (QED) is 0.863. The first-order chi connectivity index (χ1) is 13.7. The van der Waals surface area contributed by atoms with E-state index < -0.39 is 0 Å². The fourth-order valence-corrected chi connectivity index (χ4v) is 4.71. The van der Waals surface area contributed by atoms with Crippen LogP contribution in [0.5, 0.6) is 5.75 Å². The maximum Gasteiger partial charge on any atom is 0.269 e. The number of nitrogens with zero attached hydrogens (tertiary/aromatic N) is 3. The van der Waals surface area contributed by atoms with Gasteiger partial charge in [0.2, 0.25) is 0 Å². The Morgan fingerprint density at radius 1 is 1.18 bits per heavy atom. The van der Waals surface area contributed by atoms with Crippen molar-refractivity contribution in [2.45, 2.75) is 38.1 Å². The summed E-state index contributed by atoms with van der Waals surface area (Å²) in [4.78, 5) is 15.4. The third-order valence-electron chi connectivity index (χ3n) is 6.25. The van der Waals surface area contributed by atoms with Gasteiger partial charge in [0.15, 0.2) is 0 Å². The second-order valence-electron chi connectivity index (χ2n) is 7.98. The number of hydrogen-bond donors (Lipinski definition) is 1. The molecule has 1 aromatic carbocycles. The van der Waals surface area contributed by atoms with E-state index in [2.05, 4.69) is 15.3 Å². The third kappa shape index (κ3) is 3.92. The van der Waals surface area contributed by atoms with E-state index in [1.54, 1.807) is 11.8 Å². The number of carbonyl (C=O) groups excluding carboxylic acids is 1. The molecule has 6 heteroatoms. The molecule has 28 heavy (non-hydrogen) atoms. The van der Waals surface area contributed by atoms with Crippen LogP contribution in [0.3, 0.4) is 0 Å². The van der Waals surface area contributed by atoms with Gasteiger partial charge in [0, 0.05) is 25.2 Å². The summed E-state index contributed by atoms with van der Waals surface area (Å²) in [6, 6.07) is 10.2. The molecule has 2 aromatic rings. The first-order valence-electron chi connectivity index (χ1n) is 10.4. The Balaban J connectivity index is 1.41. The highest BCUT2D eigenvalue weighted by Crippen LogP contribution is 2.30. The summed E-state index contributed by atoms with van der Waals surface area (Å²) in [6.07, 6.45) is 6.36. The van der Waals surface area contributed by atoms with Gasteiger partial charge in [-0.2, -0.15) is 5.10 Å². The molecule has 0 aliphatic carbocycles. The largest absolute Gasteiger partial charge is 0.497 e. The minimum Gasteiger partial charge on any atom is -0.497 e. The number of fused-ring (bicyclic) bond motifs is 1. The molecule has 2 unspecified atom stereocenters. The topological polar surface area (TPSA) is 59.4 Å². The molecule has 3 heterocycles. The van der Waals surface area contributed by atoms with Crippen LogP contribution in [0, 0.1) is 5.92 Å². The van der Waals surface area contributed by atoms with Crippen molar-refractivity contribution in [1.29, 1.82) is 0 Å². The molecule has 2 fully saturated rings. The van der Waals surface area contributed by atoms with Gasteiger partial charge in [0.05, 0.1) is 12.8 Å². The summed E-state index contributed by atoms with van der Waals surface area (Å²) in [5.74, 6) is 1.33. The zero-order valence-corrected chi connectivity index (χ0v) is 16.9. The summed E-state index contributed by atoms with van der Waals surface area (Å²) in [7, 11) is 3.47. The number of ether oxygens (including phenoxy) is 1. The van der Waals surface area contributed by atoms with E-state index in [1.807, 2.05) is 37.4 Å². The highest BCUT2D eigenvalue weighted by molar-refractivity contribution is 5.93. The molecular formula is C22H30N4O2. The van der Waals surface area contributed by atoms with Gasteiger partial charge in [-0.1, -0.05) is 6.42 Å². The summed E-state index contributed by atoms with van der Waals surface area (Å²) in [5, 5.41) is 7.70. The van der Waals surface area contributed by atoms with Crippen molar-refractivity contribution >= 4 is 5.91 Å². The van der Waals surface area contributed by atoms with Crippen LogP contribution in [-0.2, 0) is 7.05 Å². The molecule has 0 bridgehead atoms. The standard InChI is InChI=1S/C22H30N4O2/c1-25-21(14-19(24-25)16-8-10-18(28-2)11-9-16)22(27)23-15-17-6-5-13-26-12-4-3-7-20(17)26/h8-11,14,17,20H,3-7,12-13,15H2,1-2H3,(H,23,27). The first-order valence-corrected chi connectivity index (χ1v) is 10.4. The number of methoxy groups -OCH3 is 1. The molecule has 0 saturated carbocycles. The van der Waals surface area contributed by atoms with Gasteiger partial charge in [-0.3, -0.25) is 9.48 Å². The van der Waals surface area contributed by atoms with Crippen LogP contribution in [0.25, 0.3) is 11.3 Å². The molecule has 1 N–H and O–H groups in total. The van der Waals surface area contributed by atoms with Crippen molar-refractivity contribution in [3.63, 3.8) is 0 Å². The number of hydrogen-bond acceptors (Lipinski definition) is 4. The molecule has 150 valence electrons. The van der Waals surface area contributed by atoms with Crippen molar-refractivity contribution in [3.8, 4) is 17.0 Å². The summed E-state index contributed by atoms with van der Waals surface area (Å²) in [6.45, 7) is 3.20. The number of aryl methyl sites for hydroxylation is 1. The average molecular weight is 383 g/mol. The minimum atomic E-state index is -0.0392. The maximum absolute atomic E-state index is 12.8. The summed E-state index contributed by atoms with van der Waals surface area (Å²) >= 11 is 0. The van der Waals surface area contributed by atoms with E-state index in [9.17, 15) is 4.79 Å². The molecule has 6 nitrogen and oxygen atoms in total. The Hall–Kier alpha value is -2.34. The fourth-order valence-electron chi connectivity index (χ4n) is 4.71. The molecule has 1 aromatic heterocycles. The van der Waals surface area contributed by atoms with Crippen molar-refractivity contribution in [1.82, 2.24) is 20.0 Å². The fraction of sp³-hybridized carbons (Fsp3) is 0.545. The summed E-state index contributed by atoms with van der Waals surface area (Å²) in [5.41, 5.74) is 2.37. The van der Waals surface area contributed by atoms with Gasteiger partial charge in [-0.05, 0) is 75.0 Å². The highest BCUT2D eigenvalue weighted by Gasteiger charge is 2.33. The second kappa shape index (κ2) is 8.35. The summed E-state index contributed by atoms with van der Waals surface area (Å²) < 4.78 is 6.88. The molecular weight excluding hydrogens is 352 g/mol. The SMILES string of the molecule is COc1ccc(-c2cc(C(=O)NCC3CCCN4CCCCC34)n(C)n2)cc1. The van der Waals surface area contributed by atoms with Crippen LogP contribution in [0.15, 0.2) is 30.3 Å². The molecule has 2 saturated heterocycles. The molecule has 0 spiro atoms. The number of aromatic nitrogens is 2. The Kier molecular flexibility index (Phi) is 5.67. The Bertz CT molecular complexity index is 812. The first kappa shape index (κ1) is 19.0. The Morgan fingerprint density at radius 3 is 2.75 bits per heavy atom. The minimum absolute atomic E-state index is 0.0392. The van der Waals surface area contributed by atoms with E-state index in [1.165, 1.54) is 45.2 Å². The van der Waals surface area contributed by atoms with Crippen LogP contribution in [0.4, 0.5) is 0 Å². The van der Waals surface area contributed by atoms with E-state index in [4.69, 9.17) is 4.74 Å². The van der Waals surface area contributed by atoms with Crippen LogP contribution in [-0.4, -0.2) is 53.4 Å². The maximum atomic E-state index is 12.8. The lowest BCUT2D eigenvalue weighted by molar-refractivity contribution is 0.0574. The number of benzene rings is 1. The lowest BCUT2D eigenvalue weighted by atomic mass is 9.83. The van der Waals surface area contributed by atoms with Crippen LogP contribution >= 0.6 is 0 Å². The van der Waals surface area contributed by atoms with Crippen molar-refractivity contribution in [3.05, 3.63) is 36.0 Å². The predicted molar refractivity (Wildman–Crippen MR) is 109 cm³/mol. The van der Waals surface area contributed by atoms with Gasteiger partial charge >= 0.3 is 0 Å². The molecule has 4 rings (SSSR count). The molecule has 2 atom stereocenters. The number of nitrogens with one attached hydrogen (secondary N) is 1. The van der Waals surface area contributed by atoms with Gasteiger partial charge in [-0.25, -0.2) is 0 Å². The molecule has 2 aliphatic rings. The lowest BCUT2D eigenvalue weighted by Gasteiger charge is -2.44. The number of rotatable bonds is 5. The Morgan fingerprint density at radius 2 is 1.96 bits per heavy atom. The van der Waals surface area contributed by atoms with Crippen molar-refractivity contribution < 1.29 is 9.53 Å². The Labute approximate surface area is 166 Å². The monoisotopic (exact) mass is 382 g/mol. The van der Waals surface area contributed by atoms with E-state index >= 15 is 0 Å². The zero-order chi connectivity index (χ0) is 19.5. The van der Waals surface area contributed by atoms with Gasteiger partial charge in [-0.15, -0.1) is 0 Å². The van der Waals surface area contributed by atoms with E-state index in [-0.39, 0.29) is 5.91 Å². The molecule has 1 amide bonds. The highest BCUT2D eigenvalue weighted by atomic mass is 16.5. The van der Waals surface area contributed by atoms with E-state index in [0.29, 0.717) is 17.7 Å². The molecule has 0 radical (unpaired) electrons. The predicted octanol–water partition coefficient (Wildman–Crippen LogP) is 3.09. The number of carbonyl (C=O) groups is 1. The van der Waals surface area contributed by atoms with Crippen molar-refractivity contribution in [2.75, 3.05) is 26.7 Å². The van der Waals surface area contributed by atoms with Gasteiger partial charge in [0.25, 0.3) is 5.91 Å². The van der Waals surface area contributed by atoms with E-state index in [0.717, 1.165) is 23.6 Å². The third-order valence-corrected chi connectivity index (χ3v) is 6.25. The zero-order valence-electron chi connectivity index (χ0n) is 16.9. The average Bonchev–Trinajstić information content (AvgIpc) is 3.13. The van der Waals surface area contributed by atoms with Crippen LogP contribution < -0.4 is 10.1 Å². The smallest absolute Gasteiger partial charge is 0.269 e. The van der Waals surface area contributed by atoms with Gasteiger partial charge in [0.1, 0.15) is 11.4 Å². The normalized spacial score (nSPS) is 22.5. The second-order valence-corrected chi connectivity index (χ2v) is 7.98. The van der Waals surface area contributed by atoms with Crippen LogP contribution in [0.2, 0.25) is 0 Å². The number of piperidine rings is 2.